The van der Waals surface area contributed by atoms with E-state index in [0.717, 1.165) is 0 Å². The van der Waals surface area contributed by atoms with Crippen LogP contribution < -0.4 is 0 Å². The maximum Gasteiger partial charge on any atom is 3.00 e. The number of hydrogen-bond acceptors (Lipinski definition) is 15. The van der Waals surface area contributed by atoms with Crippen molar-refractivity contribution in [2.24, 2.45) is 0 Å². The van der Waals surface area contributed by atoms with Crippen LogP contribution in [0.25, 0.3) is 0 Å². The van der Waals surface area contributed by atoms with Crippen LogP contribution in [-0.2, 0) is 28.4 Å². The van der Waals surface area contributed by atoms with Crippen molar-refractivity contribution < 1.29 is 85.0 Å². The summed E-state index contributed by atoms with van der Waals surface area (Å²) < 4.78 is 32.0. The van der Waals surface area contributed by atoms with Crippen LogP contribution in [0.3, 0.4) is 0 Å². The van der Waals surface area contributed by atoms with Crippen molar-refractivity contribution in [3.8, 4) is 0 Å². The molecule has 0 saturated carbocycles. The van der Waals surface area contributed by atoms with Crippen LogP contribution in [0.1, 0.15) is 0 Å². The van der Waals surface area contributed by atoms with Gasteiger partial charge in [0.15, 0.2) is 0 Å². The van der Waals surface area contributed by atoms with E-state index in [1.807, 2.05) is 0 Å². The van der Waals surface area contributed by atoms with Crippen LogP contribution in [-0.4, -0.2) is 94.5 Å². The largest absolute Gasteiger partial charge is 3.00 e. The fraction of sp³-hybridized carbons (Fsp3) is 1.00. The minimum absolute atomic E-state index is 0. The van der Waals surface area contributed by atoms with E-state index in [0.29, 0.717) is 79.3 Å². The molecule has 0 N–H and O–H groups in total. The van der Waals surface area contributed by atoms with E-state index in [2.05, 4.69) is 0 Å². The molecule has 1 rings (SSSR count). The minimum Gasteiger partial charge on any atom is -0.377 e. The van der Waals surface area contributed by atoms with Crippen molar-refractivity contribution in [2.75, 3.05) is 79.3 Å². The third-order valence-corrected chi connectivity index (χ3v) is 2.23. The molecule has 180 valence electrons. The number of hydrogen-bond donors (Lipinski definition) is 0. The van der Waals surface area contributed by atoms with Crippen molar-refractivity contribution in [1.29, 1.82) is 0 Å². The van der Waals surface area contributed by atoms with Crippen LogP contribution in [0.2, 0.25) is 0 Å². The second-order valence-corrected chi connectivity index (χ2v) is 4.35. The maximum atomic E-state index is 8.25. The summed E-state index contributed by atoms with van der Waals surface area (Å²) in [5.74, 6) is 0. The van der Waals surface area contributed by atoms with Crippen LogP contribution in [0.5, 0.6) is 0 Å². The molecule has 0 aromatic rings. The van der Waals surface area contributed by atoms with Gasteiger partial charge in [-0.25, -0.2) is 0 Å². The molecule has 0 atom stereocenters. The average molecular weight is 591 g/mol. The molecule has 1 saturated heterocycles. The number of nitrogens with zero attached hydrogens (tertiary/aromatic N) is 3. The molecule has 0 unspecified atom stereocenters. The van der Waals surface area contributed by atoms with Gasteiger partial charge in [-0.1, -0.05) is 0 Å². The van der Waals surface area contributed by atoms with Crippen molar-refractivity contribution in [1.82, 2.24) is 0 Å². The summed E-state index contributed by atoms with van der Waals surface area (Å²) in [6, 6.07) is 0. The van der Waals surface area contributed by atoms with Crippen LogP contribution in [0.15, 0.2) is 0 Å². The van der Waals surface area contributed by atoms with Gasteiger partial charge in [0.2, 0.25) is 0 Å². The van der Waals surface area contributed by atoms with Crippen molar-refractivity contribution >= 4 is 0 Å². The van der Waals surface area contributed by atoms with E-state index in [1.54, 1.807) is 0 Å². The molecule has 0 amide bonds. The third kappa shape index (κ3) is 73.3. The molecule has 1 fully saturated rings. The Morgan fingerprint density at radius 1 is 0.355 bits per heavy atom. The van der Waals surface area contributed by atoms with Crippen LogP contribution in [0.4, 0.5) is 0 Å². The zero-order valence-corrected chi connectivity index (χ0v) is 20.2. The standard InChI is InChI=1S/C12H24O6.3NO3.Pr/c1-2-14-5-6-16-9-10-18-12-11-17-8-7-15-4-3-13-1;3*2-1(3)4;/h1-12H2;;;;/q;3*-1;+3. The molecule has 31 heavy (non-hydrogen) atoms. The van der Waals surface area contributed by atoms with Crippen LogP contribution >= 0.6 is 0 Å². The molecule has 0 aliphatic carbocycles. The quantitative estimate of drug-likeness (QED) is 0.251. The molecular formula is C12H24N3O15Pr. The Kier molecular flexibility index (Phi) is 39.9. The van der Waals surface area contributed by atoms with Gasteiger partial charge in [-0.2, -0.15) is 0 Å². The molecule has 18 nitrogen and oxygen atoms in total. The first-order valence-electron chi connectivity index (χ1n) is 8.11. The predicted molar refractivity (Wildman–Crippen MR) is 96.0 cm³/mol. The summed E-state index contributed by atoms with van der Waals surface area (Å²) in [6.45, 7) is 7.04. The molecular weight excluding hydrogens is 567 g/mol. The van der Waals surface area contributed by atoms with Gasteiger partial charge in [0, 0.05) is 0 Å². The Bertz CT molecular complexity index is 292. The first-order chi connectivity index (χ1) is 14.2. The predicted octanol–water partition coefficient (Wildman–Crippen LogP) is -0.618. The third-order valence-electron chi connectivity index (χ3n) is 2.23. The Labute approximate surface area is 209 Å². The van der Waals surface area contributed by atoms with Gasteiger partial charge in [-0.05, 0) is 0 Å². The Balaban J connectivity index is -0.000000232. The zero-order chi connectivity index (χ0) is 23.5. The maximum absolute atomic E-state index is 8.25. The Morgan fingerprint density at radius 2 is 0.419 bits per heavy atom. The summed E-state index contributed by atoms with van der Waals surface area (Å²) >= 11 is 0. The normalized spacial score (nSPS) is 16.3. The second-order valence-electron chi connectivity index (χ2n) is 4.35. The summed E-state index contributed by atoms with van der Waals surface area (Å²) in [6.07, 6.45) is 0. The minimum atomic E-state index is -1.75. The van der Waals surface area contributed by atoms with E-state index in [-0.39, 0.29) is 41.3 Å². The van der Waals surface area contributed by atoms with Crippen molar-refractivity contribution in [2.45, 2.75) is 0 Å². The van der Waals surface area contributed by atoms with Crippen LogP contribution in [0, 0.1) is 87.3 Å². The van der Waals surface area contributed by atoms with Crippen molar-refractivity contribution in [3.63, 3.8) is 0 Å². The number of ether oxygens (including phenoxy) is 6. The molecule has 1 aliphatic heterocycles. The molecule has 1 heterocycles. The summed E-state index contributed by atoms with van der Waals surface area (Å²) in [5, 5.41) is 44.2. The van der Waals surface area contributed by atoms with Gasteiger partial charge in [0.25, 0.3) is 0 Å². The summed E-state index contributed by atoms with van der Waals surface area (Å²) in [5.41, 5.74) is 0. The fourth-order valence-electron chi connectivity index (χ4n) is 1.32. The zero-order valence-electron chi connectivity index (χ0n) is 16.5. The Morgan fingerprint density at radius 3 is 0.484 bits per heavy atom. The van der Waals surface area contributed by atoms with Gasteiger partial charge in [-0.3, -0.25) is 0 Å². The monoisotopic (exact) mass is 591 g/mol. The Hall–Kier alpha value is -1.28. The molecule has 0 aromatic carbocycles. The van der Waals surface area contributed by atoms with E-state index >= 15 is 0 Å². The van der Waals surface area contributed by atoms with E-state index in [4.69, 9.17) is 74.4 Å². The van der Waals surface area contributed by atoms with E-state index in [1.165, 1.54) is 0 Å². The van der Waals surface area contributed by atoms with Gasteiger partial charge < -0.3 is 74.4 Å². The van der Waals surface area contributed by atoms with E-state index < -0.39 is 15.3 Å². The SMILES string of the molecule is C1COCCOCCOCCOCCOCCO1.O=[N+]([O-])[O-].O=[N+]([O-])[O-].O=[N+]([O-])[O-].[Pr+3]. The van der Waals surface area contributed by atoms with Gasteiger partial charge in [0.1, 0.15) is 0 Å². The van der Waals surface area contributed by atoms with Gasteiger partial charge in [0.05, 0.1) is 94.5 Å². The smallest absolute Gasteiger partial charge is 0.377 e. The average Bonchev–Trinajstić information content (AvgIpc) is 2.60. The van der Waals surface area contributed by atoms with Gasteiger partial charge in [-0.15, -0.1) is 0 Å². The molecule has 19 heteroatoms. The first-order valence-corrected chi connectivity index (χ1v) is 8.11. The molecule has 0 radical (unpaired) electrons. The number of rotatable bonds is 0. The molecule has 0 spiro atoms. The first kappa shape index (κ1) is 37.1. The van der Waals surface area contributed by atoms with E-state index in [9.17, 15) is 0 Å². The summed E-state index contributed by atoms with van der Waals surface area (Å²) in [7, 11) is 0. The van der Waals surface area contributed by atoms with Gasteiger partial charge >= 0.3 is 41.3 Å². The summed E-state index contributed by atoms with van der Waals surface area (Å²) in [4.78, 5) is 24.8. The molecule has 0 bridgehead atoms. The second kappa shape index (κ2) is 33.4. The molecule has 1 aliphatic rings. The molecule has 0 aromatic heterocycles. The topological polar surface area (TPSA) is 254 Å². The van der Waals surface area contributed by atoms with Crippen molar-refractivity contribution in [3.05, 3.63) is 46.0 Å². The fourth-order valence-corrected chi connectivity index (χ4v) is 1.32.